The number of benzene rings is 2. The number of anilines is 2. The number of carbonyl (C=O) groups excluding carboxylic acids is 1. The van der Waals surface area contributed by atoms with Crippen molar-refractivity contribution in [3.63, 3.8) is 0 Å². The van der Waals surface area contributed by atoms with Crippen molar-refractivity contribution < 1.29 is 18.3 Å². The third-order valence-corrected chi connectivity index (χ3v) is 5.15. The topological polar surface area (TPSA) is 79.4 Å². The Morgan fingerprint density at radius 1 is 1.19 bits per heavy atom. The number of hydrogen-bond acceptors (Lipinski definition) is 6. The van der Waals surface area contributed by atoms with Crippen molar-refractivity contribution in [2.45, 2.75) is 19.4 Å². The fraction of sp³-hybridized carbons (Fsp3) is 0.261. The zero-order valence-corrected chi connectivity index (χ0v) is 17.5. The molecule has 1 aliphatic rings. The molecule has 1 amide bonds. The molecule has 7 nitrogen and oxygen atoms in total. The Balaban J connectivity index is 1.36. The van der Waals surface area contributed by atoms with Gasteiger partial charge in [0.1, 0.15) is 29.5 Å². The molecular formula is C23H23F2N5O2. The van der Waals surface area contributed by atoms with Crippen LogP contribution >= 0.6 is 0 Å². The lowest BCUT2D eigenvalue weighted by Crippen LogP contribution is -2.50. The first kappa shape index (κ1) is 21.6. The highest BCUT2D eigenvalue weighted by molar-refractivity contribution is 5.92. The molecule has 0 radical (unpaired) electrons. The van der Waals surface area contributed by atoms with Gasteiger partial charge in [0, 0.05) is 43.5 Å². The number of ether oxygens (including phenoxy) is 1. The highest BCUT2D eigenvalue weighted by Gasteiger charge is 2.20. The third-order valence-electron chi connectivity index (χ3n) is 5.15. The summed E-state index contributed by atoms with van der Waals surface area (Å²) in [4.78, 5) is 22.9. The van der Waals surface area contributed by atoms with Gasteiger partial charge >= 0.3 is 0 Å². The van der Waals surface area contributed by atoms with E-state index < -0.39 is 17.5 Å². The van der Waals surface area contributed by atoms with Crippen molar-refractivity contribution in [2.24, 2.45) is 0 Å². The maximum absolute atomic E-state index is 13.7. The Bertz CT molecular complexity index is 1090. The van der Waals surface area contributed by atoms with Gasteiger partial charge in [-0.25, -0.2) is 18.7 Å². The standard InChI is InChI=1S/C23H23F2N5O2/c1-15-13-26-8-9-30(15)21-12-23(28-14-27-21)32-19-6-4-18(5-7-19)29-22(31)10-16-2-3-17(24)11-20(16)25/h2-7,11-12,14-15,26H,8-10,13H2,1H3,(H,29,31). The number of aromatic nitrogens is 2. The van der Waals surface area contributed by atoms with Gasteiger partial charge < -0.3 is 20.3 Å². The van der Waals surface area contributed by atoms with Crippen LogP contribution in [0.4, 0.5) is 20.3 Å². The second-order valence-electron chi connectivity index (χ2n) is 7.55. The van der Waals surface area contributed by atoms with Crippen LogP contribution in [0.2, 0.25) is 0 Å². The maximum atomic E-state index is 13.7. The van der Waals surface area contributed by atoms with E-state index in [1.165, 1.54) is 12.4 Å². The molecule has 4 rings (SSSR count). The average molecular weight is 439 g/mol. The number of rotatable bonds is 6. The average Bonchev–Trinajstić information content (AvgIpc) is 2.78. The molecule has 2 aromatic carbocycles. The summed E-state index contributed by atoms with van der Waals surface area (Å²) in [6, 6.07) is 12.0. The first-order valence-electron chi connectivity index (χ1n) is 10.3. The summed E-state index contributed by atoms with van der Waals surface area (Å²) in [5.41, 5.74) is 0.658. The summed E-state index contributed by atoms with van der Waals surface area (Å²) >= 11 is 0. The van der Waals surface area contributed by atoms with Crippen molar-refractivity contribution in [1.29, 1.82) is 0 Å². The highest BCUT2D eigenvalue weighted by atomic mass is 19.1. The fourth-order valence-corrected chi connectivity index (χ4v) is 3.49. The third kappa shape index (κ3) is 5.36. The lowest BCUT2D eigenvalue weighted by Gasteiger charge is -2.34. The minimum atomic E-state index is -0.747. The predicted octanol–water partition coefficient (Wildman–Crippen LogP) is 3.53. The fourth-order valence-electron chi connectivity index (χ4n) is 3.49. The van der Waals surface area contributed by atoms with Crippen molar-refractivity contribution in [2.75, 3.05) is 29.9 Å². The number of nitrogens with one attached hydrogen (secondary N) is 2. The van der Waals surface area contributed by atoms with E-state index in [9.17, 15) is 13.6 Å². The van der Waals surface area contributed by atoms with Crippen LogP contribution < -0.4 is 20.3 Å². The summed E-state index contributed by atoms with van der Waals surface area (Å²) in [5, 5.41) is 6.03. The van der Waals surface area contributed by atoms with Crippen LogP contribution in [0.1, 0.15) is 12.5 Å². The van der Waals surface area contributed by atoms with Gasteiger partial charge in [0.05, 0.1) is 6.42 Å². The van der Waals surface area contributed by atoms with Crippen LogP contribution in [-0.4, -0.2) is 41.6 Å². The van der Waals surface area contributed by atoms with Crippen molar-refractivity contribution in [1.82, 2.24) is 15.3 Å². The molecule has 1 fully saturated rings. The van der Waals surface area contributed by atoms with E-state index in [2.05, 4.69) is 32.4 Å². The van der Waals surface area contributed by atoms with E-state index in [-0.39, 0.29) is 12.0 Å². The molecule has 9 heteroatoms. The van der Waals surface area contributed by atoms with E-state index >= 15 is 0 Å². The highest BCUT2D eigenvalue weighted by Crippen LogP contribution is 2.25. The molecule has 1 atom stereocenters. The molecule has 1 saturated heterocycles. The van der Waals surface area contributed by atoms with Crippen molar-refractivity contribution in [3.05, 3.63) is 72.1 Å². The summed E-state index contributed by atoms with van der Waals surface area (Å²) in [5.74, 6) is -0.0607. The van der Waals surface area contributed by atoms with E-state index in [0.29, 0.717) is 23.4 Å². The van der Waals surface area contributed by atoms with E-state index in [0.717, 1.165) is 37.6 Å². The summed E-state index contributed by atoms with van der Waals surface area (Å²) in [6.07, 6.45) is 1.28. The molecule has 166 valence electrons. The van der Waals surface area contributed by atoms with E-state index in [4.69, 9.17) is 4.74 Å². The largest absolute Gasteiger partial charge is 0.439 e. The van der Waals surface area contributed by atoms with Gasteiger partial charge in [0.15, 0.2) is 0 Å². The number of hydrogen-bond donors (Lipinski definition) is 2. The zero-order chi connectivity index (χ0) is 22.5. The lowest BCUT2D eigenvalue weighted by molar-refractivity contribution is -0.115. The molecule has 1 aromatic heterocycles. The smallest absolute Gasteiger partial charge is 0.228 e. The van der Waals surface area contributed by atoms with Gasteiger partial charge in [-0.05, 0) is 42.8 Å². The number of amides is 1. The minimum Gasteiger partial charge on any atom is -0.439 e. The van der Waals surface area contributed by atoms with Gasteiger partial charge in [-0.15, -0.1) is 0 Å². The predicted molar refractivity (Wildman–Crippen MR) is 117 cm³/mol. The molecule has 1 aliphatic heterocycles. The first-order valence-corrected chi connectivity index (χ1v) is 10.3. The lowest BCUT2D eigenvalue weighted by atomic mass is 10.1. The normalized spacial score (nSPS) is 16.0. The Hall–Kier alpha value is -3.59. The summed E-state index contributed by atoms with van der Waals surface area (Å²) in [6.45, 7) is 4.77. The molecule has 1 unspecified atom stereocenters. The van der Waals surface area contributed by atoms with Gasteiger partial charge in [-0.1, -0.05) is 6.07 Å². The Morgan fingerprint density at radius 2 is 2.00 bits per heavy atom. The number of piperazine rings is 1. The minimum absolute atomic E-state index is 0.127. The van der Waals surface area contributed by atoms with Gasteiger partial charge in [-0.2, -0.15) is 0 Å². The summed E-state index contributed by atoms with van der Waals surface area (Å²) in [7, 11) is 0. The van der Waals surface area contributed by atoms with Crippen LogP contribution in [0.25, 0.3) is 0 Å². The summed E-state index contributed by atoms with van der Waals surface area (Å²) < 4.78 is 32.6. The molecule has 0 bridgehead atoms. The maximum Gasteiger partial charge on any atom is 0.228 e. The van der Waals surface area contributed by atoms with Gasteiger partial charge in [0.2, 0.25) is 11.8 Å². The molecule has 0 saturated carbocycles. The van der Waals surface area contributed by atoms with Gasteiger partial charge in [-0.3, -0.25) is 4.79 Å². The SMILES string of the molecule is CC1CNCCN1c1cc(Oc2ccc(NC(=O)Cc3ccc(F)cc3F)cc2)ncn1. The van der Waals surface area contributed by atoms with Crippen LogP contribution in [0.15, 0.2) is 54.9 Å². The molecular weight excluding hydrogens is 416 g/mol. The Labute approximate surface area is 184 Å². The van der Waals surface area contributed by atoms with Crippen LogP contribution in [0, 0.1) is 11.6 Å². The quantitative estimate of drug-likeness (QED) is 0.612. The van der Waals surface area contributed by atoms with Crippen LogP contribution in [0.3, 0.4) is 0 Å². The molecule has 0 spiro atoms. The van der Waals surface area contributed by atoms with Crippen LogP contribution in [-0.2, 0) is 11.2 Å². The monoisotopic (exact) mass is 439 g/mol. The second kappa shape index (κ2) is 9.69. The van der Waals surface area contributed by atoms with E-state index in [1.807, 2.05) is 0 Å². The second-order valence-corrected chi connectivity index (χ2v) is 7.55. The number of carbonyl (C=O) groups is 1. The molecule has 2 N–H and O–H groups in total. The van der Waals surface area contributed by atoms with Gasteiger partial charge in [0.25, 0.3) is 0 Å². The Morgan fingerprint density at radius 3 is 2.75 bits per heavy atom. The van der Waals surface area contributed by atoms with Crippen molar-refractivity contribution >= 4 is 17.4 Å². The molecule has 0 aliphatic carbocycles. The molecule has 2 heterocycles. The number of halogens is 2. The van der Waals surface area contributed by atoms with Crippen molar-refractivity contribution in [3.8, 4) is 11.6 Å². The Kier molecular flexibility index (Phi) is 6.55. The number of nitrogens with zero attached hydrogens (tertiary/aromatic N) is 3. The first-order chi connectivity index (χ1) is 15.5. The van der Waals surface area contributed by atoms with Crippen LogP contribution in [0.5, 0.6) is 11.6 Å². The zero-order valence-electron chi connectivity index (χ0n) is 17.5. The molecule has 3 aromatic rings. The van der Waals surface area contributed by atoms with E-state index in [1.54, 1.807) is 30.3 Å². The molecule has 32 heavy (non-hydrogen) atoms.